The van der Waals surface area contributed by atoms with E-state index in [9.17, 15) is 4.79 Å². The van der Waals surface area contributed by atoms with E-state index in [4.69, 9.17) is 13.7 Å². The van der Waals surface area contributed by atoms with Crippen molar-refractivity contribution in [1.29, 1.82) is 0 Å². The van der Waals surface area contributed by atoms with Crippen LogP contribution in [0.3, 0.4) is 0 Å². The summed E-state index contributed by atoms with van der Waals surface area (Å²) < 4.78 is 16.5. The van der Waals surface area contributed by atoms with Crippen molar-refractivity contribution in [3.05, 3.63) is 52.9 Å². The molecule has 0 bridgehead atoms. The Labute approximate surface area is 168 Å². The predicted octanol–water partition coefficient (Wildman–Crippen LogP) is 5.18. The van der Waals surface area contributed by atoms with E-state index in [1.807, 2.05) is 29.6 Å². The molecule has 1 saturated heterocycles. The van der Waals surface area contributed by atoms with Gasteiger partial charge in [0.05, 0.1) is 17.5 Å². The summed E-state index contributed by atoms with van der Waals surface area (Å²) in [5.74, 6) is 2.06. The number of ether oxygens (including phenoxy) is 1. The molecule has 4 rings (SSSR count). The number of furan rings is 1. The molecule has 1 fully saturated rings. The maximum Gasteiger partial charge on any atom is 0.303 e. The minimum Gasteiger partial charge on any atom is -0.461 e. The second-order valence-corrected chi connectivity index (χ2v) is 8.02. The Balaban J connectivity index is 1.49. The van der Waals surface area contributed by atoms with Gasteiger partial charge in [0.15, 0.2) is 5.76 Å². The number of esters is 1. The summed E-state index contributed by atoms with van der Waals surface area (Å²) in [7, 11) is 0. The molecule has 1 aliphatic heterocycles. The minimum atomic E-state index is -0.307. The number of nitrogens with zero attached hydrogens (tertiary/aromatic N) is 2. The largest absolute Gasteiger partial charge is 0.461 e. The molecule has 0 N–H and O–H groups in total. The van der Waals surface area contributed by atoms with Crippen LogP contribution in [0.5, 0.6) is 0 Å². The zero-order chi connectivity index (χ0) is 19.3. The molecule has 0 saturated carbocycles. The van der Waals surface area contributed by atoms with Gasteiger partial charge >= 0.3 is 5.97 Å². The van der Waals surface area contributed by atoms with E-state index in [0.29, 0.717) is 12.3 Å². The molecule has 0 radical (unpaired) electrons. The van der Waals surface area contributed by atoms with Crippen molar-refractivity contribution in [3.63, 3.8) is 0 Å². The first kappa shape index (κ1) is 19.0. The van der Waals surface area contributed by atoms with Gasteiger partial charge in [-0.2, -0.15) is 0 Å². The zero-order valence-corrected chi connectivity index (χ0v) is 16.7. The maximum absolute atomic E-state index is 11.0. The molecule has 28 heavy (non-hydrogen) atoms. The van der Waals surface area contributed by atoms with Crippen molar-refractivity contribution in [2.75, 3.05) is 6.54 Å². The Bertz CT molecular complexity index is 899. The number of aromatic nitrogens is 1. The fraction of sp³-hybridized carbons (Fsp3) is 0.429. The highest BCUT2D eigenvalue weighted by Crippen LogP contribution is 2.34. The van der Waals surface area contributed by atoms with Crippen LogP contribution in [0.4, 0.5) is 0 Å². The van der Waals surface area contributed by atoms with E-state index in [0.717, 1.165) is 41.5 Å². The normalized spacial score (nSPS) is 18.1. The van der Waals surface area contributed by atoms with Gasteiger partial charge in [-0.1, -0.05) is 24.1 Å². The molecular formula is C21H24N2O4S. The van der Waals surface area contributed by atoms with Crippen molar-refractivity contribution in [2.45, 2.75) is 51.8 Å². The number of rotatable bonds is 6. The van der Waals surface area contributed by atoms with Gasteiger partial charge < -0.3 is 13.7 Å². The summed E-state index contributed by atoms with van der Waals surface area (Å²) in [4.78, 5) is 14.5. The van der Waals surface area contributed by atoms with Crippen LogP contribution in [-0.2, 0) is 22.7 Å². The Morgan fingerprint density at radius 3 is 3.00 bits per heavy atom. The first-order valence-electron chi connectivity index (χ1n) is 9.64. The summed E-state index contributed by atoms with van der Waals surface area (Å²) in [6, 6.07) is 10.2. The molecular weight excluding hydrogens is 376 g/mol. The molecule has 0 aromatic carbocycles. The van der Waals surface area contributed by atoms with Gasteiger partial charge in [0.2, 0.25) is 0 Å². The third-order valence-corrected chi connectivity index (χ3v) is 5.88. The second kappa shape index (κ2) is 8.75. The highest BCUT2D eigenvalue weighted by molar-refractivity contribution is 7.13. The molecule has 6 nitrogen and oxygen atoms in total. The molecule has 148 valence electrons. The molecule has 0 aliphatic carbocycles. The van der Waals surface area contributed by atoms with E-state index in [-0.39, 0.29) is 18.6 Å². The number of thiophene rings is 1. The minimum absolute atomic E-state index is 0.173. The van der Waals surface area contributed by atoms with Gasteiger partial charge in [0.1, 0.15) is 23.8 Å². The SMILES string of the molecule is CC(=O)OCc1ccc(CN2CCCCC[C@@H]2c2cc(-c3cccs3)on2)o1. The van der Waals surface area contributed by atoms with E-state index in [2.05, 4.69) is 16.1 Å². The van der Waals surface area contributed by atoms with Crippen LogP contribution in [0.2, 0.25) is 0 Å². The van der Waals surface area contributed by atoms with Gasteiger partial charge in [-0.05, 0) is 43.0 Å². The van der Waals surface area contributed by atoms with Gasteiger partial charge in [-0.25, -0.2) is 0 Å². The van der Waals surface area contributed by atoms with Gasteiger partial charge in [0, 0.05) is 13.0 Å². The van der Waals surface area contributed by atoms with E-state index in [1.165, 1.54) is 19.8 Å². The van der Waals surface area contributed by atoms with Crippen molar-refractivity contribution in [2.24, 2.45) is 0 Å². The Morgan fingerprint density at radius 1 is 1.29 bits per heavy atom. The molecule has 7 heteroatoms. The number of carbonyl (C=O) groups excluding carboxylic acids is 1. The van der Waals surface area contributed by atoms with Crippen LogP contribution < -0.4 is 0 Å². The van der Waals surface area contributed by atoms with Gasteiger partial charge in [0.25, 0.3) is 0 Å². The molecule has 0 spiro atoms. The molecule has 1 aliphatic rings. The van der Waals surface area contributed by atoms with Crippen molar-refractivity contribution in [3.8, 4) is 10.6 Å². The van der Waals surface area contributed by atoms with Crippen LogP contribution in [0.25, 0.3) is 10.6 Å². The monoisotopic (exact) mass is 400 g/mol. The summed E-state index contributed by atoms with van der Waals surface area (Å²) in [5.41, 5.74) is 0.983. The highest BCUT2D eigenvalue weighted by atomic mass is 32.1. The summed E-state index contributed by atoms with van der Waals surface area (Å²) in [6.07, 6.45) is 4.61. The summed E-state index contributed by atoms with van der Waals surface area (Å²) in [6.45, 7) is 3.26. The predicted molar refractivity (Wildman–Crippen MR) is 106 cm³/mol. The average Bonchev–Trinajstić information content (AvgIpc) is 3.41. The Kier molecular flexibility index (Phi) is 5.92. The summed E-state index contributed by atoms with van der Waals surface area (Å²) in [5, 5.41) is 6.43. The van der Waals surface area contributed by atoms with Crippen LogP contribution in [-0.4, -0.2) is 22.6 Å². The standard InChI is InChI=1S/C21H24N2O4S/c1-15(24)25-14-17-9-8-16(26-17)13-23-10-4-2-3-6-19(23)18-12-20(27-22-18)21-7-5-11-28-21/h5,7-9,11-12,19H,2-4,6,10,13-14H2,1H3/t19-/m1/s1. The Hall–Kier alpha value is -2.38. The smallest absolute Gasteiger partial charge is 0.303 e. The lowest BCUT2D eigenvalue weighted by atomic mass is 10.1. The lowest BCUT2D eigenvalue weighted by molar-refractivity contribution is -0.142. The van der Waals surface area contributed by atoms with Crippen LogP contribution in [0.1, 0.15) is 55.9 Å². The van der Waals surface area contributed by atoms with Crippen LogP contribution >= 0.6 is 11.3 Å². The molecule has 4 heterocycles. The molecule has 0 amide bonds. The third-order valence-electron chi connectivity index (χ3n) is 4.99. The summed E-state index contributed by atoms with van der Waals surface area (Å²) >= 11 is 1.65. The molecule has 3 aromatic heterocycles. The van der Waals surface area contributed by atoms with Gasteiger partial charge in [-0.3, -0.25) is 9.69 Å². The second-order valence-electron chi connectivity index (χ2n) is 7.08. The fourth-order valence-electron chi connectivity index (χ4n) is 3.63. The molecule has 1 atom stereocenters. The van der Waals surface area contributed by atoms with E-state index in [1.54, 1.807) is 11.3 Å². The fourth-order valence-corrected chi connectivity index (χ4v) is 4.30. The lowest BCUT2D eigenvalue weighted by Gasteiger charge is -2.27. The topological polar surface area (TPSA) is 68.7 Å². The first-order valence-corrected chi connectivity index (χ1v) is 10.5. The number of likely N-dealkylation sites (tertiary alicyclic amines) is 1. The van der Waals surface area contributed by atoms with E-state index < -0.39 is 0 Å². The van der Waals surface area contributed by atoms with Gasteiger partial charge in [-0.15, -0.1) is 11.3 Å². The Morgan fingerprint density at radius 2 is 2.18 bits per heavy atom. The zero-order valence-electron chi connectivity index (χ0n) is 15.9. The van der Waals surface area contributed by atoms with E-state index >= 15 is 0 Å². The van der Waals surface area contributed by atoms with Crippen molar-refractivity contribution >= 4 is 17.3 Å². The average molecular weight is 401 g/mol. The number of hydrogen-bond donors (Lipinski definition) is 0. The first-order chi connectivity index (χ1) is 13.7. The molecule has 0 unspecified atom stereocenters. The van der Waals surface area contributed by atoms with Crippen molar-refractivity contribution < 1.29 is 18.5 Å². The van der Waals surface area contributed by atoms with Crippen LogP contribution in [0.15, 0.2) is 44.7 Å². The number of carbonyl (C=O) groups is 1. The quantitative estimate of drug-likeness (QED) is 0.531. The number of hydrogen-bond acceptors (Lipinski definition) is 7. The third kappa shape index (κ3) is 4.54. The van der Waals surface area contributed by atoms with Crippen molar-refractivity contribution in [1.82, 2.24) is 10.1 Å². The highest BCUT2D eigenvalue weighted by Gasteiger charge is 2.27. The lowest BCUT2D eigenvalue weighted by Crippen LogP contribution is -2.28. The maximum atomic E-state index is 11.0. The molecule has 3 aromatic rings. The van der Waals surface area contributed by atoms with Crippen LogP contribution in [0, 0.1) is 0 Å².